The molecule has 0 saturated carbocycles. The summed E-state index contributed by atoms with van der Waals surface area (Å²) in [4.78, 5) is 3.70. The molecule has 0 atom stereocenters. The predicted octanol–water partition coefficient (Wildman–Crippen LogP) is 4.43. The molecule has 0 amide bonds. The number of hydrogen-bond donors (Lipinski definition) is 1. The number of alkyl halides is 3. The van der Waals surface area contributed by atoms with Gasteiger partial charge >= 0.3 is 6.18 Å². The van der Waals surface area contributed by atoms with Crippen LogP contribution in [-0.4, -0.2) is 11.4 Å². The zero-order chi connectivity index (χ0) is 14.6. The summed E-state index contributed by atoms with van der Waals surface area (Å²) in [5.41, 5.74) is -1.54. The van der Waals surface area contributed by atoms with Gasteiger partial charge in [-0.05, 0) is 18.4 Å². The van der Waals surface area contributed by atoms with Gasteiger partial charge in [-0.3, -0.25) is 5.32 Å². The van der Waals surface area contributed by atoms with Gasteiger partial charge in [0.25, 0.3) is 0 Å². The standard InChI is InChI=1S/C10H6Cl2F3N3S/c1-19-9(17-4-16)18-8-5(10(13,14)15)2-3-6(11)7(8)12/h2-3H,1H3,(H,17,18). The Hall–Kier alpha value is -1.10. The molecule has 0 saturated heterocycles. The maximum atomic E-state index is 12.8. The van der Waals surface area contributed by atoms with Crippen LogP contribution in [-0.2, 0) is 6.18 Å². The van der Waals surface area contributed by atoms with E-state index >= 15 is 0 Å². The average Bonchev–Trinajstić information content (AvgIpc) is 2.32. The van der Waals surface area contributed by atoms with Crippen molar-refractivity contribution in [1.82, 2.24) is 5.32 Å². The molecule has 3 nitrogen and oxygen atoms in total. The van der Waals surface area contributed by atoms with Crippen LogP contribution < -0.4 is 5.32 Å². The zero-order valence-corrected chi connectivity index (χ0v) is 11.7. The molecule has 0 aliphatic carbocycles. The van der Waals surface area contributed by atoms with Crippen molar-refractivity contribution in [2.45, 2.75) is 6.18 Å². The minimum atomic E-state index is -4.62. The van der Waals surface area contributed by atoms with Crippen LogP contribution in [0.1, 0.15) is 5.56 Å². The molecule has 1 rings (SSSR count). The molecule has 102 valence electrons. The number of halogens is 5. The third kappa shape index (κ3) is 3.93. The lowest BCUT2D eigenvalue weighted by molar-refractivity contribution is -0.137. The monoisotopic (exact) mass is 327 g/mol. The fraction of sp³-hybridized carbons (Fsp3) is 0.200. The number of rotatable bonds is 1. The van der Waals surface area contributed by atoms with Gasteiger partial charge in [-0.2, -0.15) is 18.4 Å². The Morgan fingerprint density at radius 1 is 1.42 bits per heavy atom. The number of nitriles is 1. The third-order valence-electron chi connectivity index (χ3n) is 1.94. The van der Waals surface area contributed by atoms with Crippen molar-refractivity contribution in [1.29, 1.82) is 5.26 Å². The van der Waals surface area contributed by atoms with Gasteiger partial charge in [0.15, 0.2) is 11.4 Å². The first-order chi connectivity index (χ1) is 8.81. The molecule has 1 aromatic rings. The number of benzene rings is 1. The Balaban J connectivity index is 3.48. The second-order valence-corrected chi connectivity index (χ2v) is 4.69. The summed E-state index contributed by atoms with van der Waals surface area (Å²) in [5, 5.41) is 10.2. The van der Waals surface area contributed by atoms with E-state index in [9.17, 15) is 13.2 Å². The minimum absolute atomic E-state index is 0.0165. The van der Waals surface area contributed by atoms with Crippen LogP contribution in [0.15, 0.2) is 17.1 Å². The summed E-state index contributed by atoms with van der Waals surface area (Å²) in [7, 11) is 0. The lowest BCUT2D eigenvalue weighted by atomic mass is 10.1. The highest BCUT2D eigenvalue weighted by atomic mass is 35.5. The Labute approximate surface area is 121 Å². The van der Waals surface area contributed by atoms with Gasteiger partial charge in [0.1, 0.15) is 0 Å². The fourth-order valence-electron chi connectivity index (χ4n) is 1.15. The van der Waals surface area contributed by atoms with Gasteiger partial charge < -0.3 is 0 Å². The van der Waals surface area contributed by atoms with Crippen molar-refractivity contribution < 1.29 is 13.2 Å². The van der Waals surface area contributed by atoms with Gasteiger partial charge in [0.2, 0.25) is 0 Å². The largest absolute Gasteiger partial charge is 0.418 e. The Morgan fingerprint density at radius 3 is 2.53 bits per heavy atom. The van der Waals surface area contributed by atoms with Crippen LogP contribution in [0.2, 0.25) is 10.0 Å². The summed E-state index contributed by atoms with van der Waals surface area (Å²) in [5.74, 6) is 0. The van der Waals surface area contributed by atoms with E-state index in [4.69, 9.17) is 28.5 Å². The quantitative estimate of drug-likeness (QED) is 0.359. The van der Waals surface area contributed by atoms with E-state index in [2.05, 4.69) is 10.3 Å². The SMILES string of the molecule is CSC(=Nc1c(C(F)(F)F)ccc(Cl)c1Cl)NC#N. The second kappa shape index (κ2) is 6.37. The molecule has 19 heavy (non-hydrogen) atoms. The first-order valence-corrected chi connectivity index (χ1v) is 6.62. The summed E-state index contributed by atoms with van der Waals surface area (Å²) in [6.45, 7) is 0. The Bertz CT molecular complexity index is 552. The van der Waals surface area contributed by atoms with E-state index < -0.39 is 17.4 Å². The molecular formula is C10H6Cl2F3N3S. The van der Waals surface area contributed by atoms with E-state index in [0.717, 1.165) is 23.9 Å². The van der Waals surface area contributed by atoms with Gasteiger partial charge in [-0.1, -0.05) is 35.0 Å². The molecule has 0 bridgehead atoms. The average molecular weight is 328 g/mol. The highest BCUT2D eigenvalue weighted by Gasteiger charge is 2.35. The van der Waals surface area contributed by atoms with E-state index in [1.807, 2.05) is 0 Å². The lowest BCUT2D eigenvalue weighted by Gasteiger charge is -2.12. The van der Waals surface area contributed by atoms with Crippen LogP contribution >= 0.6 is 35.0 Å². The van der Waals surface area contributed by atoms with E-state index in [1.165, 1.54) is 0 Å². The van der Waals surface area contributed by atoms with Crippen molar-refractivity contribution in [3.05, 3.63) is 27.7 Å². The maximum Gasteiger partial charge on any atom is 0.418 e. The minimum Gasteiger partial charge on any atom is -0.271 e. The normalized spacial score (nSPS) is 12.2. The number of amidine groups is 1. The molecule has 0 unspecified atom stereocenters. The van der Waals surface area contributed by atoms with E-state index in [0.29, 0.717) is 0 Å². The van der Waals surface area contributed by atoms with Crippen LogP contribution in [0, 0.1) is 11.5 Å². The maximum absolute atomic E-state index is 12.8. The molecule has 0 aromatic heterocycles. The van der Waals surface area contributed by atoms with E-state index in [1.54, 1.807) is 12.4 Å². The fourth-order valence-corrected chi connectivity index (χ4v) is 1.84. The van der Waals surface area contributed by atoms with Gasteiger partial charge in [-0.15, -0.1) is 0 Å². The Kier molecular flexibility index (Phi) is 5.35. The van der Waals surface area contributed by atoms with Gasteiger partial charge in [0, 0.05) is 0 Å². The summed E-state index contributed by atoms with van der Waals surface area (Å²) < 4.78 is 38.5. The summed E-state index contributed by atoms with van der Waals surface area (Å²) in [6, 6.07) is 1.83. The Morgan fingerprint density at radius 2 is 2.05 bits per heavy atom. The smallest absolute Gasteiger partial charge is 0.271 e. The highest BCUT2D eigenvalue weighted by molar-refractivity contribution is 8.13. The zero-order valence-electron chi connectivity index (χ0n) is 9.35. The highest BCUT2D eigenvalue weighted by Crippen LogP contribution is 2.43. The molecule has 0 spiro atoms. The first kappa shape index (κ1) is 16.0. The number of nitrogens with zero attached hydrogens (tertiary/aromatic N) is 2. The summed E-state index contributed by atoms with van der Waals surface area (Å²) >= 11 is 12.4. The van der Waals surface area contributed by atoms with Crippen LogP contribution in [0.4, 0.5) is 18.9 Å². The molecule has 0 aliphatic heterocycles. The van der Waals surface area contributed by atoms with Gasteiger partial charge in [0.05, 0.1) is 21.3 Å². The van der Waals surface area contributed by atoms with Crippen molar-refractivity contribution in [2.75, 3.05) is 6.26 Å². The second-order valence-electron chi connectivity index (χ2n) is 3.11. The molecule has 1 N–H and O–H groups in total. The number of thioether (sulfide) groups is 1. The molecule has 1 aromatic carbocycles. The van der Waals surface area contributed by atoms with Crippen molar-refractivity contribution in [3.8, 4) is 6.19 Å². The molecule has 0 fully saturated rings. The van der Waals surface area contributed by atoms with E-state index in [-0.39, 0.29) is 15.2 Å². The van der Waals surface area contributed by atoms with Crippen LogP contribution in [0.5, 0.6) is 0 Å². The number of nitrogens with one attached hydrogen (secondary N) is 1. The van der Waals surface area contributed by atoms with Crippen molar-refractivity contribution in [3.63, 3.8) is 0 Å². The lowest BCUT2D eigenvalue weighted by Crippen LogP contribution is -2.13. The molecule has 9 heteroatoms. The molecule has 0 heterocycles. The molecule has 0 aliphatic rings. The van der Waals surface area contributed by atoms with Crippen molar-refractivity contribution in [2.24, 2.45) is 4.99 Å². The number of aliphatic imine (C=N–C) groups is 1. The first-order valence-electron chi connectivity index (χ1n) is 4.64. The van der Waals surface area contributed by atoms with Crippen LogP contribution in [0.3, 0.4) is 0 Å². The predicted molar refractivity (Wildman–Crippen MR) is 70.8 cm³/mol. The van der Waals surface area contributed by atoms with Gasteiger partial charge in [-0.25, -0.2) is 4.99 Å². The molecule has 0 radical (unpaired) electrons. The number of hydrogen-bond acceptors (Lipinski definition) is 3. The van der Waals surface area contributed by atoms with Crippen molar-refractivity contribution >= 4 is 45.8 Å². The topological polar surface area (TPSA) is 48.2 Å². The third-order valence-corrected chi connectivity index (χ3v) is 3.32. The summed E-state index contributed by atoms with van der Waals surface area (Å²) in [6.07, 6.45) is -1.50. The van der Waals surface area contributed by atoms with Crippen LogP contribution in [0.25, 0.3) is 0 Å². The molecular weight excluding hydrogens is 322 g/mol.